The van der Waals surface area contributed by atoms with Crippen LogP contribution in [0.5, 0.6) is 23.0 Å². The normalized spacial score (nSPS) is 10.6. The predicted molar refractivity (Wildman–Crippen MR) is 105 cm³/mol. The molecule has 2 aromatic carbocycles. The Hall–Kier alpha value is -2.86. The highest BCUT2D eigenvalue weighted by molar-refractivity contribution is 6.30. The summed E-state index contributed by atoms with van der Waals surface area (Å²) in [6.07, 6.45) is 3.06. The van der Waals surface area contributed by atoms with E-state index in [4.69, 9.17) is 30.5 Å². The molecule has 0 heterocycles. The average Bonchev–Trinajstić information content (AvgIpc) is 2.69. The van der Waals surface area contributed by atoms with Gasteiger partial charge in [0.05, 0.1) is 28.4 Å². The molecule has 0 saturated carbocycles. The molecule has 0 atom stereocenters. The summed E-state index contributed by atoms with van der Waals surface area (Å²) in [5.74, 6) is 2.06. The molecule has 0 aliphatic carbocycles. The molecule has 0 bridgehead atoms. The Bertz CT molecular complexity index is 835. The van der Waals surface area contributed by atoms with Gasteiger partial charge >= 0.3 is 0 Å². The molecule has 0 saturated heterocycles. The molecule has 7 heteroatoms. The summed E-state index contributed by atoms with van der Waals surface area (Å²) in [7, 11) is 6.21. The summed E-state index contributed by atoms with van der Waals surface area (Å²) >= 11 is 5.99. The second kappa shape index (κ2) is 9.73. The van der Waals surface area contributed by atoms with E-state index in [1.165, 1.54) is 6.08 Å². The number of hydrogen-bond acceptors (Lipinski definition) is 5. The van der Waals surface area contributed by atoms with Gasteiger partial charge in [-0.2, -0.15) is 0 Å². The first-order valence-corrected chi connectivity index (χ1v) is 8.48. The van der Waals surface area contributed by atoms with Crippen LogP contribution in [0.3, 0.4) is 0 Å². The number of methoxy groups -OCH3 is 4. The van der Waals surface area contributed by atoms with Crippen LogP contribution in [0, 0.1) is 0 Å². The second-order valence-corrected chi connectivity index (χ2v) is 5.89. The van der Waals surface area contributed by atoms with Crippen LogP contribution in [-0.4, -0.2) is 34.3 Å². The van der Waals surface area contributed by atoms with Crippen LogP contribution in [0.15, 0.2) is 36.4 Å². The molecule has 6 nitrogen and oxygen atoms in total. The summed E-state index contributed by atoms with van der Waals surface area (Å²) in [6, 6.07) is 8.67. The lowest BCUT2D eigenvalue weighted by Gasteiger charge is -2.14. The lowest BCUT2D eigenvalue weighted by atomic mass is 10.1. The molecule has 2 rings (SSSR count). The molecule has 0 radical (unpaired) electrons. The van der Waals surface area contributed by atoms with E-state index in [0.717, 1.165) is 5.56 Å². The quantitative estimate of drug-likeness (QED) is 0.695. The van der Waals surface area contributed by atoms with Crippen molar-refractivity contribution in [2.45, 2.75) is 6.54 Å². The Balaban J connectivity index is 2.10. The molecular weight excluding hydrogens is 370 g/mol. The number of carbonyl (C=O) groups excluding carboxylic acids is 1. The Morgan fingerprint density at radius 3 is 2.19 bits per heavy atom. The molecule has 0 aliphatic heterocycles. The van der Waals surface area contributed by atoms with Gasteiger partial charge in [-0.15, -0.1) is 0 Å². The van der Waals surface area contributed by atoms with Crippen LogP contribution in [-0.2, 0) is 11.3 Å². The number of nitrogens with one attached hydrogen (secondary N) is 1. The Morgan fingerprint density at radius 1 is 0.926 bits per heavy atom. The summed E-state index contributed by atoms with van der Waals surface area (Å²) < 4.78 is 21.2. The molecule has 27 heavy (non-hydrogen) atoms. The Morgan fingerprint density at radius 2 is 1.56 bits per heavy atom. The van der Waals surface area contributed by atoms with Gasteiger partial charge in [0.15, 0.2) is 11.5 Å². The molecule has 0 unspecified atom stereocenters. The zero-order valence-corrected chi connectivity index (χ0v) is 16.4. The monoisotopic (exact) mass is 391 g/mol. The molecule has 0 aliphatic rings. The molecule has 0 aromatic heterocycles. The number of amides is 1. The van der Waals surface area contributed by atoms with Gasteiger partial charge in [0, 0.05) is 34.8 Å². The smallest absolute Gasteiger partial charge is 0.244 e. The highest BCUT2D eigenvalue weighted by atomic mass is 35.5. The number of hydrogen-bond donors (Lipinski definition) is 1. The fourth-order valence-corrected chi connectivity index (χ4v) is 2.65. The lowest BCUT2D eigenvalue weighted by Crippen LogP contribution is -2.20. The van der Waals surface area contributed by atoms with Gasteiger partial charge in [-0.3, -0.25) is 4.79 Å². The van der Waals surface area contributed by atoms with E-state index in [-0.39, 0.29) is 12.5 Å². The van der Waals surface area contributed by atoms with Gasteiger partial charge in [0.1, 0.15) is 11.5 Å². The van der Waals surface area contributed by atoms with Crippen molar-refractivity contribution in [1.82, 2.24) is 5.32 Å². The highest BCUT2D eigenvalue weighted by Gasteiger charge is 2.12. The SMILES string of the molecule is COc1ccc(Cl)cc1/C=C/C(=O)NCc1cc(OC)c(OC)cc1OC. The third-order valence-corrected chi connectivity index (χ3v) is 4.08. The first-order chi connectivity index (χ1) is 13.0. The molecule has 2 aromatic rings. The van der Waals surface area contributed by atoms with Crippen molar-refractivity contribution >= 4 is 23.6 Å². The number of benzene rings is 2. The van der Waals surface area contributed by atoms with Gasteiger partial charge in [-0.25, -0.2) is 0 Å². The maximum atomic E-state index is 12.2. The van der Waals surface area contributed by atoms with Crippen LogP contribution >= 0.6 is 11.6 Å². The van der Waals surface area contributed by atoms with E-state index >= 15 is 0 Å². The maximum Gasteiger partial charge on any atom is 0.244 e. The van der Waals surface area contributed by atoms with Crippen molar-refractivity contribution in [3.63, 3.8) is 0 Å². The molecule has 144 valence electrons. The van der Waals surface area contributed by atoms with E-state index < -0.39 is 0 Å². The maximum absolute atomic E-state index is 12.2. The van der Waals surface area contributed by atoms with E-state index in [1.807, 2.05) is 0 Å². The van der Waals surface area contributed by atoms with Crippen molar-refractivity contribution in [1.29, 1.82) is 0 Å². The molecule has 1 amide bonds. The molecule has 0 fully saturated rings. The van der Waals surface area contributed by atoms with Gasteiger partial charge in [0.2, 0.25) is 5.91 Å². The average molecular weight is 392 g/mol. The third-order valence-electron chi connectivity index (χ3n) is 3.85. The van der Waals surface area contributed by atoms with E-state index in [1.54, 1.807) is 64.8 Å². The first kappa shape index (κ1) is 20.5. The van der Waals surface area contributed by atoms with E-state index in [0.29, 0.717) is 33.6 Å². The fourth-order valence-electron chi connectivity index (χ4n) is 2.47. The number of carbonyl (C=O) groups is 1. The van der Waals surface area contributed by atoms with Crippen LogP contribution in [0.4, 0.5) is 0 Å². The second-order valence-electron chi connectivity index (χ2n) is 5.46. The van der Waals surface area contributed by atoms with Crippen LogP contribution in [0.25, 0.3) is 6.08 Å². The van der Waals surface area contributed by atoms with Crippen LogP contribution in [0.2, 0.25) is 5.02 Å². The fraction of sp³-hybridized carbons (Fsp3) is 0.250. The number of rotatable bonds is 8. The van der Waals surface area contributed by atoms with Crippen LogP contribution < -0.4 is 24.3 Å². The van der Waals surface area contributed by atoms with E-state index in [2.05, 4.69) is 5.32 Å². The largest absolute Gasteiger partial charge is 0.496 e. The van der Waals surface area contributed by atoms with Gasteiger partial charge in [-0.05, 0) is 30.3 Å². The highest BCUT2D eigenvalue weighted by Crippen LogP contribution is 2.34. The van der Waals surface area contributed by atoms with E-state index in [9.17, 15) is 4.79 Å². The number of halogens is 1. The molecule has 1 N–H and O–H groups in total. The third kappa shape index (κ3) is 5.31. The minimum absolute atomic E-state index is 0.263. The predicted octanol–water partition coefficient (Wildman–Crippen LogP) is 3.70. The Kier molecular flexibility index (Phi) is 7.37. The summed E-state index contributed by atoms with van der Waals surface area (Å²) in [6.45, 7) is 0.263. The minimum atomic E-state index is -0.270. The lowest BCUT2D eigenvalue weighted by molar-refractivity contribution is -0.116. The minimum Gasteiger partial charge on any atom is -0.496 e. The summed E-state index contributed by atoms with van der Waals surface area (Å²) in [5.41, 5.74) is 1.47. The Labute approximate surface area is 163 Å². The van der Waals surface area contributed by atoms with Gasteiger partial charge < -0.3 is 24.3 Å². The van der Waals surface area contributed by atoms with Crippen molar-refractivity contribution in [3.05, 3.63) is 52.6 Å². The summed E-state index contributed by atoms with van der Waals surface area (Å²) in [4.78, 5) is 12.2. The van der Waals surface area contributed by atoms with Crippen molar-refractivity contribution in [3.8, 4) is 23.0 Å². The topological polar surface area (TPSA) is 66.0 Å². The van der Waals surface area contributed by atoms with Crippen molar-refractivity contribution in [2.75, 3.05) is 28.4 Å². The number of ether oxygens (including phenoxy) is 4. The zero-order valence-electron chi connectivity index (χ0n) is 15.7. The molecular formula is C20H22ClNO5. The summed E-state index contributed by atoms with van der Waals surface area (Å²) in [5, 5.41) is 3.37. The zero-order chi connectivity index (χ0) is 19.8. The first-order valence-electron chi connectivity index (χ1n) is 8.10. The van der Waals surface area contributed by atoms with Gasteiger partial charge in [-0.1, -0.05) is 11.6 Å². The van der Waals surface area contributed by atoms with Gasteiger partial charge in [0.25, 0.3) is 0 Å². The van der Waals surface area contributed by atoms with Crippen molar-refractivity contribution < 1.29 is 23.7 Å². The molecule has 0 spiro atoms. The van der Waals surface area contributed by atoms with Crippen LogP contribution in [0.1, 0.15) is 11.1 Å². The standard InChI is InChI=1S/C20H22ClNO5/c1-24-16-7-6-15(21)9-13(16)5-8-20(23)22-12-14-10-18(26-3)19(27-4)11-17(14)25-2/h5-11H,12H2,1-4H3,(H,22,23)/b8-5+. The van der Waals surface area contributed by atoms with Crippen molar-refractivity contribution in [2.24, 2.45) is 0 Å².